The molecule has 2 heterocycles. The van der Waals surface area contributed by atoms with Gasteiger partial charge in [-0.05, 0) is 18.1 Å². The van der Waals surface area contributed by atoms with E-state index in [1.165, 1.54) is 32.1 Å². The molecule has 0 aliphatic heterocycles. The minimum atomic E-state index is 0.785. The van der Waals surface area contributed by atoms with Crippen molar-refractivity contribution < 1.29 is 4.42 Å². The third kappa shape index (κ3) is 3.62. The summed E-state index contributed by atoms with van der Waals surface area (Å²) in [7, 11) is 0. The maximum Gasteiger partial charge on any atom is 0.184 e. The second-order valence-electron chi connectivity index (χ2n) is 5.13. The zero-order valence-electron chi connectivity index (χ0n) is 11.0. The molecule has 5 heteroatoms. The number of furan rings is 1. The molecule has 0 radical (unpaired) electrons. The lowest BCUT2D eigenvalue weighted by Gasteiger charge is -2.19. The van der Waals surface area contributed by atoms with Crippen LogP contribution in [0.4, 0.5) is 0 Å². The standard InChI is InChI=1S/C14H19N3OS/c1-2-5-11(6-3-1)9-13-15-14(17-16-13)19-10-12-7-4-8-18-12/h4,7-8,11H,1-3,5-6,9-10H2,(H,15,16,17). The van der Waals surface area contributed by atoms with E-state index < -0.39 is 0 Å². The summed E-state index contributed by atoms with van der Waals surface area (Å²) in [4.78, 5) is 4.56. The highest BCUT2D eigenvalue weighted by molar-refractivity contribution is 7.98. The molecule has 0 atom stereocenters. The van der Waals surface area contributed by atoms with Crippen molar-refractivity contribution in [1.82, 2.24) is 15.2 Å². The monoisotopic (exact) mass is 277 g/mol. The largest absolute Gasteiger partial charge is 0.468 e. The molecule has 1 saturated carbocycles. The summed E-state index contributed by atoms with van der Waals surface area (Å²) in [6, 6.07) is 3.89. The van der Waals surface area contributed by atoms with Crippen LogP contribution < -0.4 is 0 Å². The summed E-state index contributed by atoms with van der Waals surface area (Å²) >= 11 is 1.64. The summed E-state index contributed by atoms with van der Waals surface area (Å²) in [5.74, 6) is 3.52. The highest BCUT2D eigenvalue weighted by Gasteiger charge is 2.16. The maximum atomic E-state index is 5.30. The zero-order chi connectivity index (χ0) is 12.9. The van der Waals surface area contributed by atoms with E-state index >= 15 is 0 Å². The zero-order valence-corrected chi connectivity index (χ0v) is 11.8. The highest BCUT2D eigenvalue weighted by atomic mass is 32.2. The number of hydrogen-bond acceptors (Lipinski definition) is 4. The summed E-state index contributed by atoms with van der Waals surface area (Å²) in [5, 5.41) is 8.23. The molecule has 0 spiro atoms. The van der Waals surface area contributed by atoms with Crippen LogP contribution in [0, 0.1) is 5.92 Å². The number of H-pyrrole nitrogens is 1. The van der Waals surface area contributed by atoms with Crippen molar-refractivity contribution in [2.75, 3.05) is 0 Å². The molecule has 1 fully saturated rings. The van der Waals surface area contributed by atoms with Gasteiger partial charge in [0.15, 0.2) is 11.0 Å². The van der Waals surface area contributed by atoms with Gasteiger partial charge in [0.25, 0.3) is 0 Å². The maximum absolute atomic E-state index is 5.30. The summed E-state index contributed by atoms with van der Waals surface area (Å²) in [6.07, 6.45) is 9.54. The van der Waals surface area contributed by atoms with Crippen LogP contribution in [0.2, 0.25) is 0 Å². The van der Waals surface area contributed by atoms with Crippen LogP contribution >= 0.6 is 11.8 Å². The second kappa shape index (κ2) is 6.28. The van der Waals surface area contributed by atoms with E-state index in [4.69, 9.17) is 4.42 Å². The molecule has 3 rings (SSSR count). The van der Waals surface area contributed by atoms with E-state index in [0.717, 1.165) is 34.8 Å². The SMILES string of the molecule is c1coc(CSc2nc(CC3CCCCC3)n[nH]2)c1. The van der Waals surface area contributed by atoms with E-state index in [1.807, 2.05) is 12.1 Å². The lowest BCUT2D eigenvalue weighted by atomic mass is 9.87. The minimum Gasteiger partial charge on any atom is -0.468 e. The van der Waals surface area contributed by atoms with Gasteiger partial charge in [-0.3, -0.25) is 5.10 Å². The van der Waals surface area contributed by atoms with E-state index in [9.17, 15) is 0 Å². The Kier molecular flexibility index (Phi) is 4.23. The third-order valence-electron chi connectivity index (χ3n) is 3.64. The smallest absolute Gasteiger partial charge is 0.184 e. The van der Waals surface area contributed by atoms with Gasteiger partial charge in [-0.1, -0.05) is 43.9 Å². The summed E-state index contributed by atoms with van der Waals surface area (Å²) in [5.41, 5.74) is 0. The Labute approximate surface area is 117 Å². The quantitative estimate of drug-likeness (QED) is 0.844. The summed E-state index contributed by atoms with van der Waals surface area (Å²) in [6.45, 7) is 0. The van der Waals surface area contributed by atoms with Crippen molar-refractivity contribution in [2.24, 2.45) is 5.92 Å². The number of thioether (sulfide) groups is 1. The highest BCUT2D eigenvalue weighted by Crippen LogP contribution is 2.26. The first-order valence-corrected chi connectivity index (χ1v) is 7.95. The van der Waals surface area contributed by atoms with Crippen LogP contribution in [-0.4, -0.2) is 15.2 Å². The molecule has 2 aromatic heterocycles. The van der Waals surface area contributed by atoms with Crippen molar-refractivity contribution in [3.63, 3.8) is 0 Å². The van der Waals surface area contributed by atoms with Gasteiger partial charge >= 0.3 is 0 Å². The van der Waals surface area contributed by atoms with Crippen LogP contribution in [-0.2, 0) is 12.2 Å². The average molecular weight is 277 g/mol. The van der Waals surface area contributed by atoms with Gasteiger partial charge in [-0.2, -0.15) is 5.10 Å². The average Bonchev–Trinajstić information content (AvgIpc) is 3.09. The first kappa shape index (κ1) is 12.8. The Hall–Kier alpha value is -1.23. The van der Waals surface area contributed by atoms with Crippen LogP contribution in [0.15, 0.2) is 28.0 Å². The van der Waals surface area contributed by atoms with E-state index in [-0.39, 0.29) is 0 Å². The number of nitrogens with zero attached hydrogens (tertiary/aromatic N) is 2. The third-order valence-corrected chi connectivity index (χ3v) is 4.52. The normalized spacial score (nSPS) is 16.8. The molecule has 1 aliphatic carbocycles. The first-order chi connectivity index (χ1) is 9.40. The molecular weight excluding hydrogens is 258 g/mol. The summed E-state index contributed by atoms with van der Waals surface area (Å²) < 4.78 is 5.30. The number of aromatic amines is 1. The molecule has 19 heavy (non-hydrogen) atoms. The molecule has 0 saturated heterocycles. The van der Waals surface area contributed by atoms with Crippen LogP contribution in [0.1, 0.15) is 43.7 Å². The lowest BCUT2D eigenvalue weighted by molar-refractivity contribution is 0.351. The molecule has 4 nitrogen and oxygen atoms in total. The van der Waals surface area contributed by atoms with Crippen molar-refractivity contribution in [3.05, 3.63) is 30.0 Å². The predicted octanol–water partition coefficient (Wildman–Crippen LogP) is 3.81. The van der Waals surface area contributed by atoms with Gasteiger partial charge in [0.05, 0.1) is 12.0 Å². The number of rotatable bonds is 5. The van der Waals surface area contributed by atoms with E-state index in [1.54, 1.807) is 18.0 Å². The molecule has 0 amide bonds. The van der Waals surface area contributed by atoms with Gasteiger partial charge in [-0.25, -0.2) is 4.98 Å². The molecule has 0 aromatic carbocycles. The van der Waals surface area contributed by atoms with E-state index in [2.05, 4.69) is 15.2 Å². The Morgan fingerprint density at radius 1 is 1.32 bits per heavy atom. The fourth-order valence-electron chi connectivity index (χ4n) is 2.62. The Morgan fingerprint density at radius 2 is 2.21 bits per heavy atom. The fourth-order valence-corrected chi connectivity index (χ4v) is 3.34. The van der Waals surface area contributed by atoms with Crippen molar-refractivity contribution in [2.45, 2.75) is 49.4 Å². The van der Waals surface area contributed by atoms with Gasteiger partial charge in [-0.15, -0.1) is 0 Å². The van der Waals surface area contributed by atoms with Crippen LogP contribution in [0.5, 0.6) is 0 Å². The number of hydrogen-bond donors (Lipinski definition) is 1. The van der Waals surface area contributed by atoms with Gasteiger partial charge < -0.3 is 4.42 Å². The number of aromatic nitrogens is 3. The Bertz CT molecular complexity index is 489. The molecule has 2 aromatic rings. The van der Waals surface area contributed by atoms with Gasteiger partial charge in [0.2, 0.25) is 0 Å². The van der Waals surface area contributed by atoms with Crippen molar-refractivity contribution in [3.8, 4) is 0 Å². The van der Waals surface area contributed by atoms with Crippen molar-refractivity contribution in [1.29, 1.82) is 0 Å². The predicted molar refractivity (Wildman–Crippen MR) is 74.9 cm³/mol. The van der Waals surface area contributed by atoms with Crippen LogP contribution in [0.3, 0.4) is 0 Å². The molecule has 1 aliphatic rings. The molecule has 102 valence electrons. The molecule has 0 bridgehead atoms. The second-order valence-corrected chi connectivity index (χ2v) is 6.10. The lowest BCUT2D eigenvalue weighted by Crippen LogP contribution is -2.10. The van der Waals surface area contributed by atoms with Crippen molar-refractivity contribution >= 4 is 11.8 Å². The molecule has 1 N–H and O–H groups in total. The van der Waals surface area contributed by atoms with Gasteiger partial charge in [0.1, 0.15) is 5.76 Å². The first-order valence-electron chi connectivity index (χ1n) is 6.96. The van der Waals surface area contributed by atoms with Crippen LogP contribution in [0.25, 0.3) is 0 Å². The Morgan fingerprint density at radius 3 is 3.00 bits per heavy atom. The van der Waals surface area contributed by atoms with E-state index in [0.29, 0.717) is 0 Å². The topological polar surface area (TPSA) is 54.7 Å². The molecular formula is C14H19N3OS. The Balaban J connectivity index is 1.51. The molecule has 0 unspecified atom stereocenters. The minimum absolute atomic E-state index is 0.785. The number of nitrogens with one attached hydrogen (secondary N) is 1. The fraction of sp³-hybridized carbons (Fsp3) is 0.571. The van der Waals surface area contributed by atoms with Gasteiger partial charge in [0, 0.05) is 6.42 Å².